The standard InChI is InChI=1S/C16H18OTe/c17-18(13-11-15-7-3-1-4-8-15)14-12-16-9-5-2-6-10-16/h1-10H,11-14H2. The molecule has 1 nitrogen and oxygen atoms in total. The maximum absolute atomic E-state index is 12.0. The first-order chi connectivity index (χ1) is 8.84. The van der Waals surface area contributed by atoms with Gasteiger partial charge in [-0.05, 0) is 0 Å². The molecule has 2 rings (SSSR count). The zero-order chi connectivity index (χ0) is 12.6. The van der Waals surface area contributed by atoms with Crippen LogP contribution < -0.4 is 0 Å². The Kier molecular flexibility index (Phi) is 5.58. The average molecular weight is 354 g/mol. The van der Waals surface area contributed by atoms with Gasteiger partial charge >= 0.3 is 116 Å². The molecule has 0 aliphatic rings. The van der Waals surface area contributed by atoms with Crippen LogP contribution in [0.1, 0.15) is 11.1 Å². The van der Waals surface area contributed by atoms with Crippen molar-refractivity contribution >= 4 is 19.5 Å². The predicted molar refractivity (Wildman–Crippen MR) is 76.3 cm³/mol. The van der Waals surface area contributed by atoms with Crippen LogP contribution in [0.3, 0.4) is 0 Å². The summed E-state index contributed by atoms with van der Waals surface area (Å²) in [6.45, 7) is 0. The van der Waals surface area contributed by atoms with E-state index in [1.807, 2.05) is 36.4 Å². The van der Waals surface area contributed by atoms with Gasteiger partial charge in [-0.1, -0.05) is 0 Å². The molecule has 0 fully saturated rings. The zero-order valence-electron chi connectivity index (χ0n) is 10.4. The molecule has 0 bridgehead atoms. The molecule has 2 aromatic carbocycles. The van der Waals surface area contributed by atoms with E-state index in [-0.39, 0.29) is 0 Å². The molecule has 2 aromatic rings. The summed E-state index contributed by atoms with van der Waals surface area (Å²) in [5.74, 6) is 0. The van der Waals surface area contributed by atoms with Crippen molar-refractivity contribution in [1.29, 1.82) is 0 Å². The van der Waals surface area contributed by atoms with E-state index in [9.17, 15) is 3.10 Å². The van der Waals surface area contributed by atoms with E-state index in [0.29, 0.717) is 0 Å². The zero-order valence-corrected chi connectivity index (χ0v) is 12.7. The molecule has 2 heteroatoms. The molecule has 0 saturated heterocycles. The number of benzene rings is 2. The van der Waals surface area contributed by atoms with Crippen LogP contribution in [0, 0.1) is 0 Å². The summed E-state index contributed by atoms with van der Waals surface area (Å²) in [5.41, 5.74) is 2.61. The van der Waals surface area contributed by atoms with Gasteiger partial charge in [0.15, 0.2) is 0 Å². The summed E-state index contributed by atoms with van der Waals surface area (Å²) >= 11 is -2.09. The van der Waals surface area contributed by atoms with Gasteiger partial charge in [0, 0.05) is 0 Å². The van der Waals surface area contributed by atoms with E-state index >= 15 is 0 Å². The van der Waals surface area contributed by atoms with Gasteiger partial charge in [0.1, 0.15) is 0 Å². The quantitative estimate of drug-likeness (QED) is 0.720. The second-order valence-corrected chi connectivity index (χ2v) is 9.16. The molecule has 0 aliphatic carbocycles. The van der Waals surface area contributed by atoms with Gasteiger partial charge in [-0.25, -0.2) is 0 Å². The Morgan fingerprint density at radius 3 is 1.44 bits per heavy atom. The van der Waals surface area contributed by atoms with Crippen LogP contribution in [0.2, 0.25) is 8.94 Å². The van der Waals surface area contributed by atoms with Crippen LogP contribution in [-0.4, -0.2) is 19.5 Å². The summed E-state index contributed by atoms with van der Waals surface area (Å²) < 4.78 is 13.8. The average Bonchev–Trinajstić information content (AvgIpc) is 2.45. The number of rotatable bonds is 6. The first kappa shape index (κ1) is 13.5. The maximum atomic E-state index is 12.0. The van der Waals surface area contributed by atoms with Gasteiger partial charge in [0.25, 0.3) is 0 Å². The molecule has 0 atom stereocenters. The Labute approximate surface area is 116 Å². The molecule has 0 amide bonds. The minimum absolute atomic E-state index is 0.903. The second-order valence-electron chi connectivity index (χ2n) is 4.32. The van der Waals surface area contributed by atoms with E-state index < -0.39 is 19.5 Å². The van der Waals surface area contributed by atoms with Crippen molar-refractivity contribution in [3.63, 3.8) is 0 Å². The summed E-state index contributed by atoms with van der Waals surface area (Å²) in [7, 11) is 0. The van der Waals surface area contributed by atoms with Crippen LogP contribution in [0.15, 0.2) is 60.7 Å². The second kappa shape index (κ2) is 7.46. The van der Waals surface area contributed by atoms with Crippen molar-refractivity contribution in [2.24, 2.45) is 0 Å². The number of hydrogen-bond acceptors (Lipinski definition) is 1. The van der Waals surface area contributed by atoms with E-state index in [4.69, 9.17) is 0 Å². The normalized spacial score (nSPS) is 10.7. The van der Waals surface area contributed by atoms with Crippen molar-refractivity contribution in [3.05, 3.63) is 71.8 Å². The SMILES string of the molecule is O=[Te](CCc1ccccc1)CCc1ccccc1. The van der Waals surface area contributed by atoms with Gasteiger partial charge < -0.3 is 0 Å². The molecule has 0 spiro atoms. The fourth-order valence-corrected chi connectivity index (χ4v) is 5.08. The summed E-state index contributed by atoms with van der Waals surface area (Å²) in [6, 6.07) is 20.7. The Hall–Kier alpha value is -0.970. The molecule has 0 aromatic heterocycles. The van der Waals surface area contributed by atoms with E-state index in [1.165, 1.54) is 11.1 Å². The van der Waals surface area contributed by atoms with Crippen molar-refractivity contribution in [2.45, 2.75) is 21.8 Å². The fourth-order valence-electron chi connectivity index (χ4n) is 1.85. The van der Waals surface area contributed by atoms with Crippen molar-refractivity contribution in [2.75, 3.05) is 0 Å². The third kappa shape index (κ3) is 4.72. The van der Waals surface area contributed by atoms with Crippen molar-refractivity contribution in [3.8, 4) is 0 Å². The van der Waals surface area contributed by atoms with Crippen molar-refractivity contribution < 1.29 is 3.10 Å². The third-order valence-electron chi connectivity index (χ3n) is 2.92. The fraction of sp³-hybridized carbons (Fsp3) is 0.250. The Morgan fingerprint density at radius 2 is 1.06 bits per heavy atom. The Morgan fingerprint density at radius 1 is 0.667 bits per heavy atom. The van der Waals surface area contributed by atoms with Gasteiger partial charge in [0.2, 0.25) is 0 Å². The summed E-state index contributed by atoms with van der Waals surface area (Å²) in [5, 5.41) is 0. The first-order valence-electron chi connectivity index (χ1n) is 6.27. The Balaban J connectivity index is 1.73. The van der Waals surface area contributed by atoms with Gasteiger partial charge in [-0.3, -0.25) is 0 Å². The topological polar surface area (TPSA) is 17.1 Å². The monoisotopic (exact) mass is 356 g/mol. The van der Waals surface area contributed by atoms with Crippen molar-refractivity contribution in [1.82, 2.24) is 0 Å². The number of hydrogen-bond donors (Lipinski definition) is 0. The summed E-state index contributed by atoms with van der Waals surface area (Å²) in [6.07, 6.45) is 1.94. The molecule has 0 N–H and O–H groups in total. The van der Waals surface area contributed by atoms with Crippen LogP contribution in [0.4, 0.5) is 0 Å². The number of aryl methyl sites for hydroxylation is 2. The molecule has 0 aliphatic heterocycles. The molecular formula is C16H18OTe. The van der Waals surface area contributed by atoms with Gasteiger partial charge in [-0.2, -0.15) is 0 Å². The van der Waals surface area contributed by atoms with Gasteiger partial charge in [-0.15, -0.1) is 0 Å². The van der Waals surface area contributed by atoms with Crippen LogP contribution in [0.5, 0.6) is 0 Å². The van der Waals surface area contributed by atoms with E-state index in [2.05, 4.69) is 24.3 Å². The van der Waals surface area contributed by atoms with E-state index in [1.54, 1.807) is 0 Å². The molecule has 18 heavy (non-hydrogen) atoms. The van der Waals surface area contributed by atoms with Crippen LogP contribution in [0.25, 0.3) is 0 Å². The molecule has 0 saturated carbocycles. The van der Waals surface area contributed by atoms with Gasteiger partial charge in [0.05, 0.1) is 0 Å². The molecule has 0 unspecified atom stereocenters. The van der Waals surface area contributed by atoms with Crippen LogP contribution in [-0.2, 0) is 15.9 Å². The minimum atomic E-state index is -2.09. The first-order valence-corrected chi connectivity index (χ1v) is 10.5. The summed E-state index contributed by atoms with van der Waals surface area (Å²) in [4.78, 5) is 0. The predicted octanol–water partition coefficient (Wildman–Crippen LogP) is 3.89. The van der Waals surface area contributed by atoms with E-state index in [0.717, 1.165) is 21.8 Å². The molecular weight excluding hydrogens is 336 g/mol. The molecule has 94 valence electrons. The molecule has 0 heterocycles. The third-order valence-corrected chi connectivity index (χ3v) is 6.69. The Bertz CT molecular complexity index is 433. The van der Waals surface area contributed by atoms with Crippen LogP contribution >= 0.6 is 0 Å². The molecule has 0 radical (unpaired) electrons.